The van der Waals surface area contributed by atoms with Crippen LogP contribution in [0.1, 0.15) is 32.6 Å². The first-order valence-corrected chi connectivity index (χ1v) is 6.93. The Morgan fingerprint density at radius 2 is 2.22 bits per heavy atom. The van der Waals surface area contributed by atoms with E-state index in [4.69, 9.17) is 0 Å². The quantitative estimate of drug-likeness (QED) is 0.750. The van der Waals surface area contributed by atoms with Crippen molar-refractivity contribution in [2.75, 3.05) is 26.2 Å². The Labute approximate surface area is 108 Å². The smallest absolute Gasteiger partial charge is 0.234 e. The van der Waals surface area contributed by atoms with Crippen molar-refractivity contribution in [3.05, 3.63) is 0 Å². The molecule has 1 heterocycles. The van der Waals surface area contributed by atoms with Crippen molar-refractivity contribution in [1.82, 2.24) is 15.5 Å². The number of hydrogen-bond acceptors (Lipinski definition) is 3. The van der Waals surface area contributed by atoms with Crippen LogP contribution in [0.5, 0.6) is 0 Å². The number of nitrogens with zero attached hydrogens (tertiary/aromatic N) is 1. The molecule has 18 heavy (non-hydrogen) atoms. The Bertz CT molecular complexity index is 319. The van der Waals surface area contributed by atoms with E-state index in [1.54, 1.807) is 0 Å². The van der Waals surface area contributed by atoms with E-state index in [2.05, 4.69) is 17.6 Å². The van der Waals surface area contributed by atoms with Crippen molar-refractivity contribution in [1.29, 1.82) is 0 Å². The van der Waals surface area contributed by atoms with Gasteiger partial charge >= 0.3 is 0 Å². The number of piperazine rings is 1. The first-order chi connectivity index (χ1) is 8.65. The molecule has 0 aromatic heterocycles. The highest BCUT2D eigenvalue weighted by Gasteiger charge is 2.24. The molecule has 0 bridgehead atoms. The van der Waals surface area contributed by atoms with Gasteiger partial charge in [0.25, 0.3) is 0 Å². The lowest BCUT2D eigenvalue weighted by molar-refractivity contribution is -0.127. The predicted molar refractivity (Wildman–Crippen MR) is 69.0 cm³/mol. The third-order valence-electron chi connectivity index (χ3n) is 3.94. The van der Waals surface area contributed by atoms with E-state index < -0.39 is 0 Å². The zero-order chi connectivity index (χ0) is 13.0. The van der Waals surface area contributed by atoms with Gasteiger partial charge in [-0.15, -0.1) is 0 Å². The third kappa shape index (κ3) is 3.70. The summed E-state index contributed by atoms with van der Waals surface area (Å²) in [6.45, 7) is 4.30. The van der Waals surface area contributed by atoms with Crippen LogP contribution in [0, 0.1) is 5.92 Å². The average molecular weight is 253 g/mol. The Morgan fingerprint density at radius 1 is 1.44 bits per heavy atom. The van der Waals surface area contributed by atoms with Gasteiger partial charge in [0.1, 0.15) is 0 Å². The Balaban J connectivity index is 1.75. The maximum atomic E-state index is 11.9. The minimum absolute atomic E-state index is 0.0140. The van der Waals surface area contributed by atoms with Crippen molar-refractivity contribution in [2.45, 2.75) is 38.6 Å². The number of amides is 2. The molecule has 2 unspecified atom stereocenters. The van der Waals surface area contributed by atoms with Crippen molar-refractivity contribution in [3.8, 4) is 0 Å². The first-order valence-electron chi connectivity index (χ1n) is 6.93. The van der Waals surface area contributed by atoms with Gasteiger partial charge in [-0.05, 0) is 18.8 Å². The van der Waals surface area contributed by atoms with E-state index in [1.807, 2.05) is 4.90 Å². The summed E-state index contributed by atoms with van der Waals surface area (Å²) in [4.78, 5) is 25.1. The van der Waals surface area contributed by atoms with E-state index in [-0.39, 0.29) is 11.8 Å². The zero-order valence-electron chi connectivity index (χ0n) is 11.1. The monoisotopic (exact) mass is 253 g/mol. The molecule has 102 valence electrons. The second-order valence-electron chi connectivity index (χ2n) is 5.50. The molecule has 1 aliphatic heterocycles. The molecule has 2 atom stereocenters. The van der Waals surface area contributed by atoms with Gasteiger partial charge in [-0.2, -0.15) is 0 Å². The van der Waals surface area contributed by atoms with Crippen LogP contribution in [-0.4, -0.2) is 48.9 Å². The van der Waals surface area contributed by atoms with Crippen LogP contribution in [0.3, 0.4) is 0 Å². The van der Waals surface area contributed by atoms with Crippen molar-refractivity contribution < 1.29 is 9.59 Å². The fourth-order valence-electron chi connectivity index (χ4n) is 2.81. The van der Waals surface area contributed by atoms with Crippen LogP contribution in [-0.2, 0) is 9.59 Å². The highest BCUT2D eigenvalue weighted by Crippen LogP contribution is 2.23. The molecule has 1 saturated heterocycles. The van der Waals surface area contributed by atoms with Crippen molar-refractivity contribution >= 4 is 11.8 Å². The summed E-state index contributed by atoms with van der Waals surface area (Å²) in [5.41, 5.74) is 0. The summed E-state index contributed by atoms with van der Waals surface area (Å²) >= 11 is 0. The lowest BCUT2D eigenvalue weighted by atomic mass is 9.86. The Kier molecular flexibility index (Phi) is 4.58. The third-order valence-corrected chi connectivity index (χ3v) is 3.94. The van der Waals surface area contributed by atoms with Crippen LogP contribution < -0.4 is 10.6 Å². The molecule has 5 nitrogen and oxygen atoms in total. The van der Waals surface area contributed by atoms with Crippen LogP contribution in [0.25, 0.3) is 0 Å². The molecule has 2 rings (SSSR count). The molecule has 2 amide bonds. The van der Waals surface area contributed by atoms with Gasteiger partial charge < -0.3 is 10.6 Å². The second kappa shape index (κ2) is 6.18. The van der Waals surface area contributed by atoms with Crippen molar-refractivity contribution in [2.24, 2.45) is 5.92 Å². The lowest BCUT2D eigenvalue weighted by Gasteiger charge is -2.31. The van der Waals surface area contributed by atoms with E-state index in [9.17, 15) is 9.59 Å². The number of nitrogens with one attached hydrogen (secondary N) is 2. The van der Waals surface area contributed by atoms with Crippen LogP contribution in [0.15, 0.2) is 0 Å². The molecular weight excluding hydrogens is 230 g/mol. The van der Waals surface area contributed by atoms with Gasteiger partial charge in [-0.3, -0.25) is 14.5 Å². The first kappa shape index (κ1) is 13.3. The SMILES string of the molecule is CC1CCCCC1NC(=O)CN1CCNC(=O)C1. The van der Waals surface area contributed by atoms with Gasteiger partial charge in [0.2, 0.25) is 11.8 Å². The molecule has 1 saturated carbocycles. The van der Waals surface area contributed by atoms with Crippen molar-refractivity contribution in [3.63, 3.8) is 0 Å². The van der Waals surface area contributed by atoms with Crippen LogP contribution >= 0.6 is 0 Å². The van der Waals surface area contributed by atoms with Gasteiger partial charge in [0.05, 0.1) is 13.1 Å². The summed E-state index contributed by atoms with van der Waals surface area (Å²) < 4.78 is 0. The van der Waals surface area contributed by atoms with E-state index in [0.29, 0.717) is 31.6 Å². The summed E-state index contributed by atoms with van der Waals surface area (Å²) in [5, 5.41) is 5.88. The minimum Gasteiger partial charge on any atom is -0.354 e. The maximum Gasteiger partial charge on any atom is 0.234 e. The van der Waals surface area contributed by atoms with E-state index in [1.165, 1.54) is 19.3 Å². The average Bonchev–Trinajstić information content (AvgIpc) is 2.32. The number of hydrogen-bond donors (Lipinski definition) is 2. The molecule has 0 radical (unpaired) electrons. The molecular formula is C13H23N3O2. The fourth-order valence-corrected chi connectivity index (χ4v) is 2.81. The normalized spacial score (nSPS) is 29.7. The lowest BCUT2D eigenvalue weighted by Crippen LogP contribution is -2.52. The molecule has 0 spiro atoms. The molecule has 1 aliphatic carbocycles. The molecule has 0 aromatic rings. The molecule has 2 aliphatic rings. The largest absolute Gasteiger partial charge is 0.354 e. The van der Waals surface area contributed by atoms with Gasteiger partial charge in [-0.1, -0.05) is 19.8 Å². The molecule has 2 N–H and O–H groups in total. The minimum atomic E-state index is 0.0140. The Morgan fingerprint density at radius 3 is 2.94 bits per heavy atom. The highest BCUT2D eigenvalue weighted by atomic mass is 16.2. The number of carbonyl (C=O) groups is 2. The van der Waals surface area contributed by atoms with Crippen LogP contribution in [0.4, 0.5) is 0 Å². The van der Waals surface area contributed by atoms with Gasteiger partial charge in [0, 0.05) is 19.1 Å². The number of carbonyl (C=O) groups excluding carboxylic acids is 2. The van der Waals surface area contributed by atoms with Gasteiger partial charge in [0.15, 0.2) is 0 Å². The summed E-state index contributed by atoms with van der Waals surface area (Å²) in [6.07, 6.45) is 4.78. The van der Waals surface area contributed by atoms with Gasteiger partial charge in [-0.25, -0.2) is 0 Å². The highest BCUT2D eigenvalue weighted by molar-refractivity contribution is 5.81. The summed E-state index contributed by atoms with van der Waals surface area (Å²) in [5.74, 6) is 0.649. The molecule has 5 heteroatoms. The summed E-state index contributed by atoms with van der Waals surface area (Å²) in [6, 6.07) is 0.324. The van der Waals surface area contributed by atoms with E-state index >= 15 is 0 Å². The maximum absolute atomic E-state index is 11.9. The van der Waals surface area contributed by atoms with E-state index in [0.717, 1.165) is 13.0 Å². The second-order valence-corrected chi connectivity index (χ2v) is 5.50. The molecule has 0 aromatic carbocycles. The Hall–Kier alpha value is -1.10. The standard InChI is InChI=1S/C13H23N3O2/c1-10-4-2-3-5-11(10)15-13(18)9-16-7-6-14-12(17)8-16/h10-11H,2-9H2,1H3,(H,14,17)(H,15,18). The van der Waals surface area contributed by atoms with Crippen LogP contribution in [0.2, 0.25) is 0 Å². The number of rotatable bonds is 3. The molecule has 2 fully saturated rings. The topological polar surface area (TPSA) is 61.4 Å². The predicted octanol–water partition coefficient (Wildman–Crippen LogP) is 0.113. The summed E-state index contributed by atoms with van der Waals surface area (Å²) in [7, 11) is 0. The zero-order valence-corrected chi connectivity index (χ0v) is 11.1. The fraction of sp³-hybridized carbons (Fsp3) is 0.846.